The molecule has 4 aromatic heterocycles. The summed E-state index contributed by atoms with van der Waals surface area (Å²) >= 11 is 0. The molecule has 0 aliphatic heterocycles. The van der Waals surface area contributed by atoms with E-state index in [2.05, 4.69) is 185 Å². The second-order valence-corrected chi connectivity index (χ2v) is 25.3. The average molecular weight is 1050 g/mol. The van der Waals surface area contributed by atoms with Gasteiger partial charge in [-0.2, -0.15) is 0 Å². The number of furan rings is 1. The Kier molecular flexibility index (Phi) is 13.7. The van der Waals surface area contributed by atoms with Gasteiger partial charge < -0.3 is 14.0 Å². The predicted octanol–water partition coefficient (Wildman–Crippen LogP) is 15.3. The Morgan fingerprint density at radius 1 is 0.708 bits per heavy atom. The summed E-state index contributed by atoms with van der Waals surface area (Å²) in [4.78, 5) is 15.1. The number of aryl methyl sites for hydroxylation is 3. The number of fused-ring (bicyclic) bond motifs is 4. The van der Waals surface area contributed by atoms with Crippen LogP contribution in [0.25, 0.3) is 72.4 Å². The minimum absolute atomic E-state index is 0. The fourth-order valence-electron chi connectivity index (χ4n) is 9.02. The molecule has 0 N–H and O–H groups in total. The number of hydrogen-bond donors (Lipinski definition) is 0. The molecule has 65 heavy (non-hydrogen) atoms. The van der Waals surface area contributed by atoms with Gasteiger partial charge in [-0.15, -0.1) is 54.1 Å². The van der Waals surface area contributed by atoms with Gasteiger partial charge in [-0.1, -0.05) is 139 Å². The van der Waals surface area contributed by atoms with Gasteiger partial charge in [0.2, 0.25) is 0 Å². The van der Waals surface area contributed by atoms with Gasteiger partial charge in [0.15, 0.2) is 0 Å². The Bertz CT molecular complexity index is 3100. The molecule has 0 fully saturated rings. The van der Waals surface area contributed by atoms with Crippen molar-refractivity contribution in [1.29, 1.82) is 0 Å². The monoisotopic (exact) mass is 1050 g/mol. The number of benzene rings is 5. The summed E-state index contributed by atoms with van der Waals surface area (Å²) in [5, 5.41) is 3.65. The summed E-state index contributed by atoms with van der Waals surface area (Å²) < 4.78 is 8.90. The maximum atomic E-state index is 6.54. The van der Waals surface area contributed by atoms with Gasteiger partial charge in [-0.05, 0) is 101 Å². The number of para-hydroxylation sites is 1. The molecule has 0 saturated carbocycles. The van der Waals surface area contributed by atoms with E-state index in [1.54, 1.807) is 0 Å². The van der Waals surface area contributed by atoms with E-state index in [0.29, 0.717) is 0 Å². The third-order valence-corrected chi connectivity index (χ3v) is 14.3. The molecule has 0 atom stereocenters. The van der Waals surface area contributed by atoms with Gasteiger partial charge in [-0.3, -0.25) is 9.97 Å². The van der Waals surface area contributed by atoms with Crippen molar-refractivity contribution in [2.24, 2.45) is 5.41 Å². The van der Waals surface area contributed by atoms with Crippen molar-refractivity contribution < 1.29 is 24.5 Å². The summed E-state index contributed by atoms with van der Waals surface area (Å²) in [6, 6.07) is 44.9. The summed E-state index contributed by atoms with van der Waals surface area (Å²) in [5.41, 5.74) is 17.6. The van der Waals surface area contributed by atoms with Crippen LogP contribution in [0, 0.1) is 38.3 Å². The number of rotatable bonds is 8. The number of imidazole rings is 1. The molecule has 0 spiro atoms. The molecule has 5 aromatic carbocycles. The van der Waals surface area contributed by atoms with Crippen molar-refractivity contribution in [3.8, 4) is 39.5 Å². The van der Waals surface area contributed by atoms with Gasteiger partial charge in [0.1, 0.15) is 5.58 Å². The van der Waals surface area contributed by atoms with Crippen LogP contribution in [0.3, 0.4) is 0 Å². The standard InChI is InChI=1S/C39H36N3O.C19H26NSi.Ir/c1-22(2)32-20-28(27-14-9-8-10-15-27)21-33(23(3)4)37(32)42-36-26(7)40-25(6)24(5)35(36)41-39(42)31-18-13-17-30-29-16-11-12-19-34(29)43-38(30)31;1-19(2,3)13-16-12-17(15-10-8-7-9-11-15)20-14-18(16)21(4,5)6;/h8-17,19-23H,1-7H3;7-10,12,14H,13H2,1-6H3;/q2*-1;. The number of pyridine rings is 2. The molecular formula is C58H62IrN4OSi-2. The molecule has 0 aliphatic rings. The molecule has 9 aromatic rings. The Morgan fingerprint density at radius 3 is 2.00 bits per heavy atom. The van der Waals surface area contributed by atoms with Crippen molar-refractivity contribution in [3.63, 3.8) is 0 Å². The first kappa shape index (κ1) is 47.5. The smallest absolute Gasteiger partial charge is 0.120 e. The Balaban J connectivity index is 0.000000242. The molecule has 5 nitrogen and oxygen atoms in total. The summed E-state index contributed by atoms with van der Waals surface area (Å²) in [7, 11) is -1.37. The van der Waals surface area contributed by atoms with Gasteiger partial charge in [0, 0.05) is 43.1 Å². The van der Waals surface area contributed by atoms with Gasteiger partial charge in [0.05, 0.1) is 36.2 Å². The first-order valence-electron chi connectivity index (χ1n) is 22.8. The first-order chi connectivity index (χ1) is 30.4. The zero-order valence-electron chi connectivity index (χ0n) is 40.4. The number of hydrogen-bond acceptors (Lipinski definition) is 4. The topological polar surface area (TPSA) is 56.7 Å². The zero-order chi connectivity index (χ0) is 45.7. The summed E-state index contributed by atoms with van der Waals surface area (Å²) in [5.74, 6) is 1.37. The minimum Gasteiger partial charge on any atom is -0.501 e. The van der Waals surface area contributed by atoms with Gasteiger partial charge in [-0.25, -0.2) is 0 Å². The SMILES string of the molecule is CC(C)(C)Cc1cc(-c2[c-]cccc2)ncc1[Si](C)(C)C.Cc1nc(C)c2c(nc(-c3[c-]ccc4c3oc3ccccc34)n2-c2c(C(C)C)cc(-c3ccccc3)cc2C(C)C)c1C.[Ir]. The van der Waals surface area contributed by atoms with Crippen molar-refractivity contribution in [3.05, 3.63) is 161 Å². The maximum absolute atomic E-state index is 6.54. The van der Waals surface area contributed by atoms with E-state index in [0.717, 1.165) is 79.0 Å². The second-order valence-electron chi connectivity index (χ2n) is 20.2. The third kappa shape index (κ3) is 9.61. The van der Waals surface area contributed by atoms with E-state index in [1.807, 2.05) is 36.4 Å². The molecule has 7 heteroatoms. The molecule has 0 bridgehead atoms. The summed E-state index contributed by atoms with van der Waals surface area (Å²) in [6.45, 7) is 29.5. The van der Waals surface area contributed by atoms with Crippen LogP contribution in [-0.2, 0) is 26.5 Å². The van der Waals surface area contributed by atoms with Crippen LogP contribution < -0.4 is 5.19 Å². The number of nitrogens with zero attached hydrogens (tertiary/aromatic N) is 4. The van der Waals surface area contributed by atoms with Crippen LogP contribution in [-0.4, -0.2) is 27.6 Å². The molecule has 335 valence electrons. The Labute approximate surface area is 401 Å². The second kappa shape index (κ2) is 18.8. The van der Waals surface area contributed by atoms with Crippen LogP contribution in [0.5, 0.6) is 0 Å². The van der Waals surface area contributed by atoms with Crippen molar-refractivity contribution in [1.82, 2.24) is 19.5 Å². The van der Waals surface area contributed by atoms with Crippen molar-refractivity contribution in [2.45, 2.75) is 107 Å². The normalized spacial score (nSPS) is 12.0. The molecule has 0 saturated heterocycles. The van der Waals surface area contributed by atoms with Crippen molar-refractivity contribution >= 4 is 46.2 Å². The maximum Gasteiger partial charge on any atom is 0.120 e. The van der Waals surface area contributed by atoms with Crippen LogP contribution in [0.1, 0.15) is 93.9 Å². The van der Waals surface area contributed by atoms with Gasteiger partial charge >= 0.3 is 0 Å². The third-order valence-electron chi connectivity index (χ3n) is 12.3. The molecule has 0 aliphatic carbocycles. The molecule has 0 unspecified atom stereocenters. The zero-order valence-corrected chi connectivity index (χ0v) is 43.8. The van der Waals surface area contributed by atoms with E-state index >= 15 is 0 Å². The molecule has 4 heterocycles. The average Bonchev–Trinajstić information content (AvgIpc) is 3.85. The van der Waals surface area contributed by atoms with E-state index in [1.165, 1.54) is 38.7 Å². The summed E-state index contributed by atoms with van der Waals surface area (Å²) in [6.07, 6.45) is 3.21. The van der Waals surface area contributed by atoms with Crippen LogP contribution in [0.15, 0.2) is 120 Å². The minimum atomic E-state index is -1.37. The quantitative estimate of drug-likeness (QED) is 0.112. The van der Waals surface area contributed by atoms with E-state index in [9.17, 15) is 0 Å². The Morgan fingerprint density at radius 2 is 1.37 bits per heavy atom. The van der Waals surface area contributed by atoms with E-state index in [4.69, 9.17) is 19.4 Å². The molecule has 1 radical (unpaired) electrons. The number of aromatic nitrogens is 4. The Hall–Kier alpha value is -5.46. The fourth-order valence-corrected chi connectivity index (χ4v) is 10.6. The molecule has 0 amide bonds. The fraction of sp³-hybridized carbons (Fsp3) is 0.293. The van der Waals surface area contributed by atoms with E-state index < -0.39 is 8.07 Å². The molecule has 9 rings (SSSR count). The predicted molar refractivity (Wildman–Crippen MR) is 273 cm³/mol. The largest absolute Gasteiger partial charge is 0.501 e. The van der Waals surface area contributed by atoms with E-state index in [-0.39, 0.29) is 37.4 Å². The molecular weight excluding hydrogens is 989 g/mol. The van der Waals surface area contributed by atoms with Gasteiger partial charge in [0.25, 0.3) is 0 Å². The van der Waals surface area contributed by atoms with Crippen LogP contribution in [0.4, 0.5) is 0 Å². The van der Waals surface area contributed by atoms with Crippen LogP contribution >= 0.6 is 0 Å². The van der Waals surface area contributed by atoms with Crippen molar-refractivity contribution in [2.75, 3.05) is 0 Å². The van der Waals surface area contributed by atoms with Crippen LogP contribution in [0.2, 0.25) is 19.6 Å². The first-order valence-corrected chi connectivity index (χ1v) is 26.3.